The number of hydrogen-bond donors (Lipinski definition) is 1. The van der Waals surface area contributed by atoms with Gasteiger partial charge in [-0.2, -0.15) is 0 Å². The summed E-state index contributed by atoms with van der Waals surface area (Å²) in [6, 6.07) is 24.1. The standard InChI is InChI=1S/C32H36N2O4S/c1-33(2)28-16-12-26(13-17-28)25-10-7-24(8-11-25)22-34(29-6-4-5-23(21-29)9-20-31(35)36)32(37)27-14-18-30(19-15-27)39(3)38/h4-13,16-17,20-21,27,30H,14-15,18-19,22H2,1-3H3,(H,35,36)/b20-9+. The molecule has 1 fully saturated rings. The first kappa shape index (κ1) is 28.3. The third kappa shape index (κ3) is 7.45. The first-order chi connectivity index (χ1) is 18.7. The van der Waals surface area contributed by atoms with Crippen molar-refractivity contribution in [1.82, 2.24) is 0 Å². The van der Waals surface area contributed by atoms with Crippen molar-refractivity contribution in [2.45, 2.75) is 37.5 Å². The van der Waals surface area contributed by atoms with E-state index in [2.05, 4.69) is 53.4 Å². The first-order valence-corrected chi connectivity index (χ1v) is 14.8. The lowest BCUT2D eigenvalue weighted by molar-refractivity contribution is -0.131. The number of carbonyl (C=O) groups excluding carboxylic acids is 1. The Labute approximate surface area is 233 Å². The number of carboxylic acid groups (broad SMARTS) is 1. The van der Waals surface area contributed by atoms with Gasteiger partial charge in [-0.05, 0) is 78.3 Å². The molecule has 3 aromatic carbocycles. The fourth-order valence-electron chi connectivity index (χ4n) is 5.06. The van der Waals surface area contributed by atoms with Gasteiger partial charge < -0.3 is 14.9 Å². The van der Waals surface area contributed by atoms with Gasteiger partial charge in [0.1, 0.15) is 0 Å². The van der Waals surface area contributed by atoms with Crippen LogP contribution in [-0.2, 0) is 26.9 Å². The van der Waals surface area contributed by atoms with E-state index in [4.69, 9.17) is 5.11 Å². The largest absolute Gasteiger partial charge is 0.478 e. The lowest BCUT2D eigenvalue weighted by atomic mass is 9.87. The van der Waals surface area contributed by atoms with E-state index in [0.29, 0.717) is 12.1 Å². The van der Waals surface area contributed by atoms with Crippen molar-refractivity contribution in [2.75, 3.05) is 30.2 Å². The second-order valence-corrected chi connectivity index (χ2v) is 12.0. The highest BCUT2D eigenvalue weighted by molar-refractivity contribution is 7.84. The zero-order chi connectivity index (χ0) is 27.9. The quantitative estimate of drug-likeness (QED) is 0.335. The average Bonchev–Trinajstić information content (AvgIpc) is 2.95. The molecule has 1 atom stereocenters. The second kappa shape index (κ2) is 12.9. The molecule has 0 saturated heterocycles. The summed E-state index contributed by atoms with van der Waals surface area (Å²) in [6.45, 7) is 0.407. The lowest BCUT2D eigenvalue weighted by Gasteiger charge is -2.32. The van der Waals surface area contributed by atoms with Crippen LogP contribution in [0.2, 0.25) is 0 Å². The number of carbonyl (C=O) groups is 2. The average molecular weight is 545 g/mol. The van der Waals surface area contributed by atoms with Gasteiger partial charge in [0.05, 0.1) is 6.54 Å². The van der Waals surface area contributed by atoms with Crippen LogP contribution in [0.3, 0.4) is 0 Å². The molecule has 1 saturated carbocycles. The van der Waals surface area contributed by atoms with Gasteiger partial charge in [-0.25, -0.2) is 4.79 Å². The van der Waals surface area contributed by atoms with E-state index < -0.39 is 16.8 Å². The molecule has 3 aromatic rings. The molecule has 0 radical (unpaired) electrons. The Bertz CT molecular complexity index is 1340. The number of rotatable bonds is 9. The van der Waals surface area contributed by atoms with E-state index in [1.807, 2.05) is 43.3 Å². The summed E-state index contributed by atoms with van der Waals surface area (Å²) >= 11 is 0. The Morgan fingerprint density at radius 1 is 0.897 bits per heavy atom. The monoisotopic (exact) mass is 544 g/mol. The van der Waals surface area contributed by atoms with E-state index >= 15 is 0 Å². The summed E-state index contributed by atoms with van der Waals surface area (Å²) in [5, 5.41) is 9.19. The third-order valence-corrected chi connectivity index (χ3v) is 8.78. The molecular weight excluding hydrogens is 508 g/mol. The maximum Gasteiger partial charge on any atom is 0.328 e. The van der Waals surface area contributed by atoms with Crippen LogP contribution in [0.5, 0.6) is 0 Å². The van der Waals surface area contributed by atoms with Crippen LogP contribution < -0.4 is 9.80 Å². The van der Waals surface area contributed by atoms with Gasteiger partial charge in [-0.1, -0.05) is 48.5 Å². The first-order valence-electron chi connectivity index (χ1n) is 13.2. The topological polar surface area (TPSA) is 77.9 Å². The molecule has 1 unspecified atom stereocenters. The van der Waals surface area contributed by atoms with E-state index in [1.54, 1.807) is 6.26 Å². The number of amides is 1. The Kier molecular flexibility index (Phi) is 9.36. The minimum Gasteiger partial charge on any atom is -0.478 e. The zero-order valence-electron chi connectivity index (χ0n) is 22.7. The van der Waals surface area contributed by atoms with Crippen molar-refractivity contribution in [3.8, 4) is 11.1 Å². The highest BCUT2D eigenvalue weighted by Crippen LogP contribution is 2.32. The Morgan fingerprint density at radius 3 is 2.08 bits per heavy atom. The molecule has 0 aliphatic heterocycles. The SMILES string of the molecule is CN(C)c1ccc(-c2ccc(CN(C(=O)C3CCC(S(C)=O)CC3)c3cccc(/C=C/C(=O)O)c3)cc2)cc1. The van der Waals surface area contributed by atoms with E-state index in [1.165, 1.54) is 6.08 Å². The molecule has 204 valence electrons. The van der Waals surface area contributed by atoms with Crippen molar-refractivity contribution >= 4 is 40.1 Å². The maximum absolute atomic E-state index is 13.9. The summed E-state index contributed by atoms with van der Waals surface area (Å²) in [4.78, 5) is 28.8. The molecule has 4 rings (SSSR count). The van der Waals surface area contributed by atoms with E-state index in [9.17, 15) is 13.8 Å². The van der Waals surface area contributed by atoms with Gasteiger partial charge in [0.25, 0.3) is 0 Å². The van der Waals surface area contributed by atoms with Crippen molar-refractivity contribution in [1.29, 1.82) is 0 Å². The molecule has 1 aliphatic rings. The number of carboxylic acids is 1. The summed E-state index contributed by atoms with van der Waals surface area (Å²) in [6.07, 6.45) is 7.40. The molecule has 6 nitrogen and oxygen atoms in total. The Balaban J connectivity index is 1.58. The molecule has 1 aliphatic carbocycles. The summed E-state index contributed by atoms with van der Waals surface area (Å²) < 4.78 is 12.0. The number of benzene rings is 3. The minimum absolute atomic E-state index is 0.0538. The highest BCUT2D eigenvalue weighted by atomic mass is 32.2. The fourth-order valence-corrected chi connectivity index (χ4v) is 6.00. The maximum atomic E-state index is 13.9. The number of hydrogen-bond acceptors (Lipinski definition) is 4. The second-order valence-electron chi connectivity index (χ2n) is 10.3. The Hall–Kier alpha value is -3.71. The predicted octanol–water partition coefficient (Wildman–Crippen LogP) is 5.99. The van der Waals surface area contributed by atoms with Crippen molar-refractivity contribution in [2.24, 2.45) is 5.92 Å². The predicted molar refractivity (Wildman–Crippen MR) is 160 cm³/mol. The van der Waals surface area contributed by atoms with Crippen LogP contribution in [0.25, 0.3) is 17.2 Å². The Morgan fingerprint density at radius 2 is 1.51 bits per heavy atom. The molecular formula is C32H36N2O4S. The van der Waals surface area contributed by atoms with E-state index in [-0.39, 0.29) is 17.1 Å². The molecule has 0 spiro atoms. The summed E-state index contributed by atoms with van der Waals surface area (Å²) in [7, 11) is 3.17. The normalized spacial score (nSPS) is 18.0. The van der Waals surface area contributed by atoms with E-state index in [0.717, 1.165) is 59.8 Å². The van der Waals surface area contributed by atoms with Gasteiger partial charge in [0, 0.05) is 59.8 Å². The van der Waals surface area contributed by atoms with Gasteiger partial charge in [0.15, 0.2) is 0 Å². The van der Waals surface area contributed by atoms with Crippen molar-refractivity contribution in [3.63, 3.8) is 0 Å². The van der Waals surface area contributed by atoms with Gasteiger partial charge in [0.2, 0.25) is 5.91 Å². The van der Waals surface area contributed by atoms with Crippen LogP contribution in [0.1, 0.15) is 36.8 Å². The molecule has 0 bridgehead atoms. The van der Waals surface area contributed by atoms with Crippen LogP contribution >= 0.6 is 0 Å². The van der Waals surface area contributed by atoms with Crippen LogP contribution in [0.4, 0.5) is 11.4 Å². The van der Waals surface area contributed by atoms with Crippen LogP contribution in [-0.4, -0.2) is 46.8 Å². The minimum atomic E-state index is -1.02. The number of aliphatic carboxylic acids is 1. The molecule has 1 amide bonds. The van der Waals surface area contributed by atoms with Gasteiger partial charge in [-0.15, -0.1) is 0 Å². The zero-order valence-corrected chi connectivity index (χ0v) is 23.6. The fraction of sp³-hybridized carbons (Fsp3) is 0.312. The van der Waals surface area contributed by atoms with Crippen LogP contribution in [0.15, 0.2) is 78.9 Å². The molecule has 0 heterocycles. The van der Waals surface area contributed by atoms with Gasteiger partial charge in [-0.3, -0.25) is 9.00 Å². The number of nitrogens with zero attached hydrogens (tertiary/aromatic N) is 2. The third-order valence-electron chi connectivity index (χ3n) is 7.37. The molecule has 39 heavy (non-hydrogen) atoms. The lowest BCUT2D eigenvalue weighted by Crippen LogP contribution is -2.38. The smallest absolute Gasteiger partial charge is 0.328 e. The highest BCUT2D eigenvalue weighted by Gasteiger charge is 2.31. The molecule has 1 N–H and O–H groups in total. The summed E-state index contributed by atoms with van der Waals surface area (Å²) in [5.41, 5.74) is 5.83. The molecule has 7 heteroatoms. The van der Waals surface area contributed by atoms with Crippen molar-refractivity contribution < 1.29 is 18.9 Å². The molecule has 0 aromatic heterocycles. The van der Waals surface area contributed by atoms with Gasteiger partial charge >= 0.3 is 5.97 Å². The van der Waals surface area contributed by atoms with Crippen molar-refractivity contribution in [3.05, 3.63) is 90.0 Å². The van der Waals surface area contributed by atoms with Crippen LogP contribution in [0, 0.1) is 5.92 Å². The summed E-state index contributed by atoms with van der Waals surface area (Å²) in [5.74, 6) is -1.09. The number of anilines is 2.